The molecule has 0 radical (unpaired) electrons. The Hall–Kier alpha value is -2.35. The molecule has 0 aromatic heterocycles. The Morgan fingerprint density at radius 2 is 1.61 bits per heavy atom. The van der Waals surface area contributed by atoms with E-state index in [0.29, 0.717) is 16.8 Å². The van der Waals surface area contributed by atoms with Gasteiger partial charge < -0.3 is 5.73 Å². The predicted molar refractivity (Wildman–Crippen MR) is 75.3 cm³/mol. The molecule has 0 bridgehead atoms. The average molecular weight is 237 g/mol. The highest BCUT2D eigenvalue weighted by molar-refractivity contribution is 6.11. The van der Waals surface area contributed by atoms with Gasteiger partial charge >= 0.3 is 0 Å². The van der Waals surface area contributed by atoms with E-state index in [-0.39, 0.29) is 5.78 Å². The summed E-state index contributed by atoms with van der Waals surface area (Å²) in [4.78, 5) is 12.2. The van der Waals surface area contributed by atoms with Gasteiger partial charge in [-0.15, -0.1) is 0 Å². The number of nitrogens with two attached hydrogens (primary N) is 1. The van der Waals surface area contributed by atoms with Crippen LogP contribution in [-0.4, -0.2) is 5.78 Å². The van der Waals surface area contributed by atoms with Gasteiger partial charge in [0.05, 0.1) is 0 Å². The van der Waals surface area contributed by atoms with E-state index in [0.717, 1.165) is 5.56 Å². The maximum Gasteiger partial charge on any atom is 0.188 e. The summed E-state index contributed by atoms with van der Waals surface area (Å²) < 4.78 is 0. The topological polar surface area (TPSA) is 43.1 Å². The third kappa shape index (κ3) is 2.66. The molecule has 18 heavy (non-hydrogen) atoms. The number of anilines is 1. The van der Waals surface area contributed by atoms with Gasteiger partial charge in [0.1, 0.15) is 0 Å². The van der Waals surface area contributed by atoms with E-state index in [1.165, 1.54) is 0 Å². The zero-order valence-electron chi connectivity index (χ0n) is 10.3. The number of nitrogen functional groups attached to an aromatic ring is 1. The summed E-state index contributed by atoms with van der Waals surface area (Å²) in [5.74, 6) is 0.0267. The molecule has 0 aliphatic carbocycles. The summed E-state index contributed by atoms with van der Waals surface area (Å²) in [5, 5.41) is 0. The van der Waals surface area contributed by atoms with E-state index in [1.54, 1.807) is 0 Å². The van der Waals surface area contributed by atoms with Gasteiger partial charge in [-0.25, -0.2) is 0 Å². The molecule has 0 heterocycles. The van der Waals surface area contributed by atoms with Gasteiger partial charge in [-0.05, 0) is 30.2 Å². The van der Waals surface area contributed by atoms with Gasteiger partial charge in [0.25, 0.3) is 0 Å². The zero-order chi connectivity index (χ0) is 13.0. The van der Waals surface area contributed by atoms with E-state index in [2.05, 4.69) is 0 Å². The Labute approximate surface area is 107 Å². The van der Waals surface area contributed by atoms with Gasteiger partial charge in [0.2, 0.25) is 0 Å². The molecule has 2 N–H and O–H groups in total. The first-order valence-electron chi connectivity index (χ1n) is 5.81. The van der Waals surface area contributed by atoms with Crippen molar-refractivity contribution in [3.63, 3.8) is 0 Å². The molecule has 0 aliphatic rings. The van der Waals surface area contributed by atoms with E-state index in [9.17, 15) is 4.79 Å². The maximum absolute atomic E-state index is 12.2. The second-order valence-corrected chi connectivity index (χ2v) is 4.15. The largest absolute Gasteiger partial charge is 0.398 e. The number of carbonyl (C=O) groups is 1. The summed E-state index contributed by atoms with van der Waals surface area (Å²) in [7, 11) is 0. The molecule has 2 nitrogen and oxygen atoms in total. The van der Waals surface area contributed by atoms with Crippen LogP contribution >= 0.6 is 0 Å². The quantitative estimate of drug-likeness (QED) is 0.504. The highest BCUT2D eigenvalue weighted by Crippen LogP contribution is 2.17. The van der Waals surface area contributed by atoms with Crippen LogP contribution < -0.4 is 5.73 Å². The SMILES string of the molecule is C/C(=C\c1ccccc1N)C(=O)c1ccccc1. The second kappa shape index (κ2) is 5.32. The number of allylic oxidation sites excluding steroid dienone is 1. The number of carbonyl (C=O) groups excluding carboxylic acids is 1. The van der Waals surface area contributed by atoms with E-state index >= 15 is 0 Å². The average Bonchev–Trinajstić information content (AvgIpc) is 2.41. The Balaban J connectivity index is 2.30. The van der Waals surface area contributed by atoms with Crippen molar-refractivity contribution in [1.82, 2.24) is 0 Å². The first-order valence-corrected chi connectivity index (χ1v) is 5.81. The van der Waals surface area contributed by atoms with Crippen molar-refractivity contribution in [2.45, 2.75) is 6.92 Å². The zero-order valence-corrected chi connectivity index (χ0v) is 10.3. The lowest BCUT2D eigenvalue weighted by molar-refractivity contribution is 0.103. The Kier molecular flexibility index (Phi) is 3.58. The van der Waals surface area contributed by atoms with Crippen LogP contribution in [0.25, 0.3) is 6.08 Å². The number of hydrogen-bond acceptors (Lipinski definition) is 2. The molecule has 2 rings (SSSR count). The lowest BCUT2D eigenvalue weighted by Crippen LogP contribution is -2.00. The molecule has 90 valence electrons. The monoisotopic (exact) mass is 237 g/mol. The third-order valence-electron chi connectivity index (χ3n) is 2.76. The van der Waals surface area contributed by atoms with Gasteiger partial charge in [-0.1, -0.05) is 48.5 Å². The molecule has 0 aliphatic heterocycles. The van der Waals surface area contributed by atoms with Crippen molar-refractivity contribution in [2.24, 2.45) is 0 Å². The van der Waals surface area contributed by atoms with Crippen LogP contribution in [0.15, 0.2) is 60.2 Å². The fourth-order valence-corrected chi connectivity index (χ4v) is 1.76. The summed E-state index contributed by atoms with van der Waals surface area (Å²) >= 11 is 0. The van der Waals surface area contributed by atoms with Gasteiger partial charge in [-0.2, -0.15) is 0 Å². The molecular weight excluding hydrogens is 222 g/mol. The molecule has 0 fully saturated rings. The predicted octanol–water partition coefficient (Wildman–Crippen LogP) is 3.56. The molecule has 0 unspecified atom stereocenters. The van der Waals surface area contributed by atoms with Crippen LogP contribution in [0.1, 0.15) is 22.8 Å². The highest BCUT2D eigenvalue weighted by atomic mass is 16.1. The van der Waals surface area contributed by atoms with Crippen LogP contribution in [0.2, 0.25) is 0 Å². The number of rotatable bonds is 3. The Bertz CT molecular complexity index is 585. The smallest absolute Gasteiger partial charge is 0.188 e. The molecule has 0 spiro atoms. The minimum absolute atomic E-state index is 0.0267. The normalized spacial score (nSPS) is 11.3. The molecular formula is C16H15NO. The van der Waals surface area contributed by atoms with Crippen molar-refractivity contribution >= 4 is 17.5 Å². The van der Waals surface area contributed by atoms with Crippen LogP contribution in [0.5, 0.6) is 0 Å². The number of hydrogen-bond donors (Lipinski definition) is 1. The van der Waals surface area contributed by atoms with Crippen molar-refractivity contribution in [2.75, 3.05) is 5.73 Å². The van der Waals surface area contributed by atoms with Gasteiger partial charge in [0.15, 0.2) is 5.78 Å². The third-order valence-corrected chi connectivity index (χ3v) is 2.76. The first kappa shape index (κ1) is 12.1. The summed E-state index contributed by atoms with van der Waals surface area (Å²) in [5.41, 5.74) is 8.78. The minimum atomic E-state index is 0.0267. The molecule has 0 saturated heterocycles. The van der Waals surface area contributed by atoms with Gasteiger partial charge in [0, 0.05) is 11.3 Å². The van der Waals surface area contributed by atoms with Crippen LogP contribution in [0, 0.1) is 0 Å². The van der Waals surface area contributed by atoms with Crippen molar-refractivity contribution in [3.05, 3.63) is 71.3 Å². The fourth-order valence-electron chi connectivity index (χ4n) is 1.76. The maximum atomic E-state index is 12.2. The lowest BCUT2D eigenvalue weighted by Gasteiger charge is -2.03. The van der Waals surface area contributed by atoms with E-state index in [4.69, 9.17) is 5.73 Å². The van der Waals surface area contributed by atoms with Crippen molar-refractivity contribution < 1.29 is 4.79 Å². The molecule has 0 saturated carbocycles. The van der Waals surface area contributed by atoms with Crippen molar-refractivity contribution in [3.8, 4) is 0 Å². The second-order valence-electron chi connectivity index (χ2n) is 4.15. The number of benzene rings is 2. The lowest BCUT2D eigenvalue weighted by atomic mass is 10.0. The van der Waals surface area contributed by atoms with Gasteiger partial charge in [-0.3, -0.25) is 4.79 Å². The summed E-state index contributed by atoms with van der Waals surface area (Å²) in [6.07, 6.45) is 1.82. The molecule has 2 heteroatoms. The van der Waals surface area contributed by atoms with Crippen LogP contribution in [0.3, 0.4) is 0 Å². The minimum Gasteiger partial charge on any atom is -0.398 e. The standard InChI is InChI=1S/C16H15NO/c1-12(11-14-9-5-6-10-15(14)17)16(18)13-7-3-2-4-8-13/h2-11H,17H2,1H3/b12-11+. The number of Topliss-reactive ketones (excluding diaryl/α,β-unsaturated/α-hetero) is 1. The van der Waals surface area contributed by atoms with E-state index in [1.807, 2.05) is 67.6 Å². The fraction of sp³-hybridized carbons (Fsp3) is 0.0625. The summed E-state index contributed by atoms with van der Waals surface area (Å²) in [6, 6.07) is 16.7. The first-order chi connectivity index (χ1) is 8.68. The number of ketones is 1. The van der Waals surface area contributed by atoms with Crippen LogP contribution in [0.4, 0.5) is 5.69 Å². The number of para-hydroxylation sites is 1. The van der Waals surface area contributed by atoms with Crippen LogP contribution in [-0.2, 0) is 0 Å². The molecule has 2 aromatic carbocycles. The molecule has 2 aromatic rings. The summed E-state index contributed by atoms with van der Waals surface area (Å²) in [6.45, 7) is 1.81. The molecule has 0 atom stereocenters. The highest BCUT2D eigenvalue weighted by Gasteiger charge is 2.07. The van der Waals surface area contributed by atoms with Crippen molar-refractivity contribution in [1.29, 1.82) is 0 Å². The Morgan fingerprint density at radius 1 is 1.00 bits per heavy atom. The molecule has 0 amide bonds. The van der Waals surface area contributed by atoms with E-state index < -0.39 is 0 Å². The Morgan fingerprint density at radius 3 is 2.28 bits per heavy atom.